The van der Waals surface area contributed by atoms with Gasteiger partial charge in [-0.05, 0) is 17.5 Å². The molecule has 0 aliphatic heterocycles. The third-order valence-electron chi connectivity index (χ3n) is 1.96. The second-order valence-corrected chi connectivity index (χ2v) is 3.87. The molecule has 0 saturated heterocycles. The third-order valence-corrected chi connectivity index (χ3v) is 2.82. The summed E-state index contributed by atoms with van der Waals surface area (Å²) < 4.78 is 5.01. The van der Waals surface area contributed by atoms with Gasteiger partial charge in [0.1, 0.15) is 5.75 Å². The monoisotopic (exact) mass is 219 g/mol. The van der Waals surface area contributed by atoms with E-state index in [-0.39, 0.29) is 5.78 Å². The Labute approximate surface area is 91.4 Å². The van der Waals surface area contributed by atoms with Crippen LogP contribution in [0.1, 0.15) is 15.2 Å². The fraction of sp³-hybridized carbons (Fsp3) is 0.0909. The van der Waals surface area contributed by atoms with Crippen molar-refractivity contribution in [3.05, 3.63) is 46.4 Å². The van der Waals surface area contributed by atoms with Gasteiger partial charge in [0, 0.05) is 11.8 Å². The SMILES string of the molecule is COc1cncc(C(=O)c2cccs2)c1. The van der Waals surface area contributed by atoms with Gasteiger partial charge in [0.2, 0.25) is 5.78 Å². The Morgan fingerprint density at radius 3 is 3.00 bits per heavy atom. The number of carbonyl (C=O) groups excluding carboxylic acids is 1. The highest BCUT2D eigenvalue weighted by molar-refractivity contribution is 7.12. The van der Waals surface area contributed by atoms with E-state index in [1.165, 1.54) is 11.3 Å². The lowest BCUT2D eigenvalue weighted by Gasteiger charge is -2.01. The first-order valence-electron chi connectivity index (χ1n) is 4.38. The van der Waals surface area contributed by atoms with Crippen LogP contribution in [0.15, 0.2) is 36.0 Å². The molecule has 4 heteroatoms. The molecule has 2 heterocycles. The van der Waals surface area contributed by atoms with Gasteiger partial charge < -0.3 is 4.74 Å². The molecule has 2 aromatic rings. The molecular weight excluding hydrogens is 210 g/mol. The maximum absolute atomic E-state index is 11.9. The van der Waals surface area contributed by atoms with E-state index in [9.17, 15) is 4.79 Å². The summed E-state index contributed by atoms with van der Waals surface area (Å²) in [6.07, 6.45) is 3.12. The second kappa shape index (κ2) is 4.23. The average molecular weight is 219 g/mol. The van der Waals surface area contributed by atoms with E-state index in [0.29, 0.717) is 16.2 Å². The van der Waals surface area contributed by atoms with Gasteiger partial charge in [-0.3, -0.25) is 9.78 Å². The van der Waals surface area contributed by atoms with Crippen molar-refractivity contribution in [3.63, 3.8) is 0 Å². The lowest BCUT2D eigenvalue weighted by atomic mass is 10.1. The second-order valence-electron chi connectivity index (χ2n) is 2.92. The number of ether oxygens (including phenoxy) is 1. The molecule has 3 nitrogen and oxygen atoms in total. The Morgan fingerprint density at radius 2 is 2.33 bits per heavy atom. The summed E-state index contributed by atoms with van der Waals surface area (Å²) in [7, 11) is 1.55. The van der Waals surface area contributed by atoms with E-state index in [1.807, 2.05) is 11.4 Å². The highest BCUT2D eigenvalue weighted by Crippen LogP contribution is 2.17. The molecule has 0 unspecified atom stereocenters. The summed E-state index contributed by atoms with van der Waals surface area (Å²) in [5, 5.41) is 1.88. The Balaban J connectivity index is 2.34. The number of carbonyl (C=O) groups is 1. The summed E-state index contributed by atoms with van der Waals surface area (Å²) in [6, 6.07) is 5.34. The van der Waals surface area contributed by atoms with Crippen LogP contribution < -0.4 is 4.74 Å². The molecule has 0 aromatic carbocycles. The minimum Gasteiger partial charge on any atom is -0.495 e. The fourth-order valence-corrected chi connectivity index (χ4v) is 1.89. The normalized spacial score (nSPS) is 9.93. The lowest BCUT2D eigenvalue weighted by Crippen LogP contribution is -1.99. The van der Waals surface area contributed by atoms with Crippen LogP contribution in [0.2, 0.25) is 0 Å². The van der Waals surface area contributed by atoms with Crippen molar-refractivity contribution in [2.24, 2.45) is 0 Å². The first kappa shape index (κ1) is 9.86. The van der Waals surface area contributed by atoms with Crippen molar-refractivity contribution in [1.29, 1.82) is 0 Å². The third kappa shape index (κ3) is 2.05. The molecule has 2 aromatic heterocycles. The molecular formula is C11H9NO2S. The molecule has 0 fully saturated rings. The van der Waals surface area contributed by atoms with Crippen molar-refractivity contribution in [2.75, 3.05) is 7.11 Å². The van der Waals surface area contributed by atoms with Gasteiger partial charge in [-0.2, -0.15) is 0 Å². The van der Waals surface area contributed by atoms with E-state index in [2.05, 4.69) is 4.98 Å². The topological polar surface area (TPSA) is 39.2 Å². The molecule has 0 saturated carbocycles. The van der Waals surface area contributed by atoms with Crippen LogP contribution in [-0.4, -0.2) is 17.9 Å². The number of aromatic nitrogens is 1. The smallest absolute Gasteiger partial charge is 0.204 e. The highest BCUT2D eigenvalue weighted by atomic mass is 32.1. The number of pyridine rings is 1. The molecule has 0 bridgehead atoms. The largest absolute Gasteiger partial charge is 0.495 e. The number of methoxy groups -OCH3 is 1. The van der Waals surface area contributed by atoms with Gasteiger partial charge in [0.05, 0.1) is 18.2 Å². The Bertz CT molecular complexity index is 465. The number of ketones is 1. The molecule has 0 atom stereocenters. The lowest BCUT2D eigenvalue weighted by molar-refractivity contribution is 0.104. The number of thiophene rings is 1. The fourth-order valence-electron chi connectivity index (χ4n) is 1.20. The van der Waals surface area contributed by atoms with Crippen LogP contribution in [0.4, 0.5) is 0 Å². The number of hydrogen-bond acceptors (Lipinski definition) is 4. The van der Waals surface area contributed by atoms with E-state index in [4.69, 9.17) is 4.74 Å². The van der Waals surface area contributed by atoms with Crippen molar-refractivity contribution in [1.82, 2.24) is 4.98 Å². The Hall–Kier alpha value is -1.68. The summed E-state index contributed by atoms with van der Waals surface area (Å²) in [5.74, 6) is 0.578. The van der Waals surface area contributed by atoms with Crippen molar-refractivity contribution >= 4 is 17.1 Å². The maximum atomic E-state index is 11.9. The van der Waals surface area contributed by atoms with Crippen molar-refractivity contribution in [3.8, 4) is 5.75 Å². The zero-order valence-corrected chi connectivity index (χ0v) is 8.95. The van der Waals surface area contributed by atoms with E-state index >= 15 is 0 Å². The van der Waals surface area contributed by atoms with Crippen LogP contribution in [-0.2, 0) is 0 Å². The van der Waals surface area contributed by atoms with E-state index in [0.717, 1.165) is 0 Å². The molecule has 0 aliphatic rings. The Morgan fingerprint density at radius 1 is 1.47 bits per heavy atom. The van der Waals surface area contributed by atoms with Crippen LogP contribution in [0.3, 0.4) is 0 Å². The molecule has 15 heavy (non-hydrogen) atoms. The first-order valence-corrected chi connectivity index (χ1v) is 5.26. The van der Waals surface area contributed by atoms with Gasteiger partial charge in [-0.1, -0.05) is 6.07 Å². The van der Waals surface area contributed by atoms with Gasteiger partial charge >= 0.3 is 0 Å². The van der Waals surface area contributed by atoms with Gasteiger partial charge in [-0.25, -0.2) is 0 Å². The standard InChI is InChI=1S/C11H9NO2S/c1-14-9-5-8(6-12-7-9)11(13)10-3-2-4-15-10/h2-7H,1H3. The molecule has 76 valence electrons. The summed E-state index contributed by atoms with van der Waals surface area (Å²) in [6.45, 7) is 0. The van der Waals surface area contributed by atoms with E-state index < -0.39 is 0 Å². The molecule has 0 radical (unpaired) electrons. The Kier molecular flexibility index (Phi) is 2.78. The number of nitrogens with zero attached hydrogens (tertiary/aromatic N) is 1. The average Bonchev–Trinajstić information content (AvgIpc) is 2.81. The van der Waals surface area contributed by atoms with Crippen molar-refractivity contribution < 1.29 is 9.53 Å². The minimum atomic E-state index is -0.0172. The minimum absolute atomic E-state index is 0.0172. The summed E-state index contributed by atoms with van der Waals surface area (Å²) in [4.78, 5) is 16.5. The number of hydrogen-bond donors (Lipinski definition) is 0. The predicted octanol–water partition coefficient (Wildman–Crippen LogP) is 2.38. The molecule has 0 N–H and O–H groups in total. The van der Waals surface area contributed by atoms with Gasteiger partial charge in [0.15, 0.2) is 0 Å². The first-order chi connectivity index (χ1) is 7.31. The van der Waals surface area contributed by atoms with Crippen LogP contribution in [0.5, 0.6) is 5.75 Å². The summed E-state index contributed by atoms with van der Waals surface area (Å²) >= 11 is 1.42. The van der Waals surface area contributed by atoms with E-state index in [1.54, 1.807) is 31.6 Å². The van der Waals surface area contributed by atoms with Gasteiger partial charge in [0.25, 0.3) is 0 Å². The summed E-state index contributed by atoms with van der Waals surface area (Å²) in [5.41, 5.74) is 0.553. The van der Waals surface area contributed by atoms with Gasteiger partial charge in [-0.15, -0.1) is 11.3 Å². The molecule has 0 spiro atoms. The maximum Gasteiger partial charge on any atom is 0.204 e. The predicted molar refractivity (Wildman–Crippen MR) is 58.5 cm³/mol. The van der Waals surface area contributed by atoms with Crippen LogP contribution >= 0.6 is 11.3 Å². The van der Waals surface area contributed by atoms with Crippen LogP contribution in [0.25, 0.3) is 0 Å². The van der Waals surface area contributed by atoms with Crippen molar-refractivity contribution in [2.45, 2.75) is 0 Å². The molecule has 0 aliphatic carbocycles. The molecule has 2 rings (SSSR count). The van der Waals surface area contributed by atoms with Crippen LogP contribution in [0, 0.1) is 0 Å². The molecule has 0 amide bonds. The number of rotatable bonds is 3. The zero-order chi connectivity index (χ0) is 10.7. The zero-order valence-electron chi connectivity index (χ0n) is 8.14. The highest BCUT2D eigenvalue weighted by Gasteiger charge is 2.10. The quantitative estimate of drug-likeness (QED) is 0.744.